The molecule has 0 amide bonds. The van der Waals surface area contributed by atoms with Crippen LogP contribution in [-0.4, -0.2) is 4.98 Å². The molecule has 1 heterocycles. The Bertz CT molecular complexity index is 517. The molecule has 0 saturated carbocycles. The molecule has 0 spiro atoms. The summed E-state index contributed by atoms with van der Waals surface area (Å²) >= 11 is 0. The Kier molecular flexibility index (Phi) is 3.27. The monoisotopic (exact) mass is 258 g/mol. The lowest BCUT2D eigenvalue weighted by molar-refractivity contribution is -0.137. The molecule has 0 aliphatic heterocycles. The van der Waals surface area contributed by atoms with Crippen LogP contribution in [0, 0.1) is 5.82 Å². The predicted octanol–water partition coefficient (Wildman–Crippen LogP) is 3.78. The van der Waals surface area contributed by atoms with Crippen LogP contribution in [-0.2, 0) is 12.7 Å². The Morgan fingerprint density at radius 1 is 1.17 bits per heavy atom. The number of aromatic amines is 1. The molecule has 0 aliphatic rings. The van der Waals surface area contributed by atoms with E-state index in [1.54, 1.807) is 18.5 Å². The molecule has 96 valence electrons. The number of benzene rings is 1. The van der Waals surface area contributed by atoms with Crippen molar-refractivity contribution in [1.29, 1.82) is 0 Å². The Hall–Kier alpha value is -1.98. The lowest BCUT2D eigenvalue weighted by atomic mass is 10.1. The number of H-pyrrole nitrogens is 1. The van der Waals surface area contributed by atoms with E-state index in [2.05, 4.69) is 10.3 Å². The topological polar surface area (TPSA) is 27.8 Å². The van der Waals surface area contributed by atoms with Gasteiger partial charge in [0.05, 0.1) is 11.3 Å². The summed E-state index contributed by atoms with van der Waals surface area (Å²) in [4.78, 5) is 2.80. The number of hydrogen-bond donors (Lipinski definition) is 2. The summed E-state index contributed by atoms with van der Waals surface area (Å²) in [6.07, 6.45) is -1.17. The van der Waals surface area contributed by atoms with Crippen molar-refractivity contribution < 1.29 is 17.6 Å². The number of nitrogens with one attached hydrogen (secondary N) is 2. The Morgan fingerprint density at radius 2 is 1.94 bits per heavy atom. The van der Waals surface area contributed by atoms with E-state index in [4.69, 9.17) is 0 Å². The average molecular weight is 258 g/mol. The standard InChI is InChI=1S/C12H10F4N2/c13-11-5-9(12(14,15)16)2-1-8(11)6-18-10-3-4-17-7-10/h1-5,7,17-18H,6H2. The highest BCUT2D eigenvalue weighted by Gasteiger charge is 2.31. The van der Waals surface area contributed by atoms with Gasteiger partial charge in [0.2, 0.25) is 0 Å². The van der Waals surface area contributed by atoms with E-state index >= 15 is 0 Å². The Morgan fingerprint density at radius 3 is 2.50 bits per heavy atom. The lowest BCUT2D eigenvalue weighted by Crippen LogP contribution is -2.07. The van der Waals surface area contributed by atoms with Gasteiger partial charge in [0.15, 0.2) is 0 Å². The second kappa shape index (κ2) is 4.72. The molecule has 0 fully saturated rings. The second-order valence-electron chi connectivity index (χ2n) is 3.76. The van der Waals surface area contributed by atoms with E-state index in [0.717, 1.165) is 17.8 Å². The maximum Gasteiger partial charge on any atom is 0.416 e. The summed E-state index contributed by atoms with van der Waals surface area (Å²) in [6.45, 7) is 0.127. The molecule has 2 rings (SSSR count). The van der Waals surface area contributed by atoms with Gasteiger partial charge < -0.3 is 10.3 Å². The van der Waals surface area contributed by atoms with Gasteiger partial charge in [-0.1, -0.05) is 6.07 Å². The number of anilines is 1. The van der Waals surface area contributed by atoms with E-state index in [-0.39, 0.29) is 12.1 Å². The number of aromatic nitrogens is 1. The largest absolute Gasteiger partial charge is 0.416 e. The fourth-order valence-corrected chi connectivity index (χ4v) is 1.50. The van der Waals surface area contributed by atoms with Crippen LogP contribution in [0.25, 0.3) is 0 Å². The highest BCUT2D eigenvalue weighted by molar-refractivity contribution is 5.41. The Labute approximate surface area is 101 Å². The molecule has 2 aromatic rings. The summed E-state index contributed by atoms with van der Waals surface area (Å²) in [5.74, 6) is -0.868. The number of halogens is 4. The Balaban J connectivity index is 2.10. The minimum atomic E-state index is -4.52. The highest BCUT2D eigenvalue weighted by atomic mass is 19.4. The summed E-state index contributed by atoms with van der Waals surface area (Å²) in [7, 11) is 0. The zero-order chi connectivity index (χ0) is 13.2. The molecular weight excluding hydrogens is 248 g/mol. The molecule has 2 nitrogen and oxygen atoms in total. The van der Waals surface area contributed by atoms with Crippen molar-refractivity contribution in [3.63, 3.8) is 0 Å². The maximum absolute atomic E-state index is 13.5. The molecule has 0 aliphatic carbocycles. The lowest BCUT2D eigenvalue weighted by Gasteiger charge is -2.09. The summed E-state index contributed by atoms with van der Waals surface area (Å²) in [5.41, 5.74) is -0.0520. The van der Waals surface area contributed by atoms with Crippen molar-refractivity contribution in [2.45, 2.75) is 12.7 Å². The van der Waals surface area contributed by atoms with E-state index in [1.807, 2.05) is 0 Å². The van der Waals surface area contributed by atoms with E-state index in [9.17, 15) is 17.6 Å². The van der Waals surface area contributed by atoms with Gasteiger partial charge in [0.1, 0.15) is 5.82 Å². The number of rotatable bonds is 3. The van der Waals surface area contributed by atoms with Crippen LogP contribution in [0.3, 0.4) is 0 Å². The van der Waals surface area contributed by atoms with Gasteiger partial charge >= 0.3 is 6.18 Å². The maximum atomic E-state index is 13.5. The molecule has 0 atom stereocenters. The van der Waals surface area contributed by atoms with Crippen molar-refractivity contribution in [3.05, 3.63) is 53.6 Å². The van der Waals surface area contributed by atoms with Gasteiger partial charge in [0, 0.05) is 24.5 Å². The molecule has 0 bridgehead atoms. The quantitative estimate of drug-likeness (QED) is 0.805. The van der Waals surface area contributed by atoms with Crippen LogP contribution in [0.1, 0.15) is 11.1 Å². The first-order valence-electron chi connectivity index (χ1n) is 5.19. The van der Waals surface area contributed by atoms with E-state index in [0.29, 0.717) is 6.07 Å². The third-order valence-corrected chi connectivity index (χ3v) is 2.46. The molecule has 0 saturated heterocycles. The minimum Gasteiger partial charge on any atom is -0.380 e. The van der Waals surface area contributed by atoms with Crippen molar-refractivity contribution >= 4 is 5.69 Å². The molecule has 1 aromatic carbocycles. The van der Waals surface area contributed by atoms with Gasteiger partial charge in [-0.2, -0.15) is 13.2 Å². The summed E-state index contributed by atoms with van der Waals surface area (Å²) in [5, 5.41) is 2.89. The van der Waals surface area contributed by atoms with Gasteiger partial charge in [-0.05, 0) is 18.2 Å². The van der Waals surface area contributed by atoms with Crippen molar-refractivity contribution in [2.24, 2.45) is 0 Å². The third kappa shape index (κ3) is 2.82. The second-order valence-corrected chi connectivity index (χ2v) is 3.76. The van der Waals surface area contributed by atoms with E-state index in [1.165, 1.54) is 0 Å². The average Bonchev–Trinajstić information content (AvgIpc) is 2.79. The molecular formula is C12H10F4N2. The summed E-state index contributed by atoms with van der Waals surface area (Å²) < 4.78 is 50.4. The van der Waals surface area contributed by atoms with Crippen LogP contribution in [0.4, 0.5) is 23.2 Å². The molecule has 18 heavy (non-hydrogen) atoms. The van der Waals surface area contributed by atoms with Gasteiger partial charge in [-0.3, -0.25) is 0 Å². The van der Waals surface area contributed by atoms with Crippen molar-refractivity contribution in [2.75, 3.05) is 5.32 Å². The first kappa shape index (κ1) is 12.5. The highest BCUT2D eigenvalue weighted by Crippen LogP contribution is 2.30. The van der Waals surface area contributed by atoms with E-state index < -0.39 is 17.6 Å². The summed E-state index contributed by atoms with van der Waals surface area (Å²) in [6, 6.07) is 4.26. The molecule has 1 aromatic heterocycles. The van der Waals surface area contributed by atoms with Crippen LogP contribution in [0.2, 0.25) is 0 Å². The number of hydrogen-bond acceptors (Lipinski definition) is 1. The molecule has 2 N–H and O–H groups in total. The normalized spacial score (nSPS) is 11.6. The zero-order valence-electron chi connectivity index (χ0n) is 9.18. The predicted molar refractivity (Wildman–Crippen MR) is 59.5 cm³/mol. The van der Waals surface area contributed by atoms with Crippen LogP contribution in [0.5, 0.6) is 0 Å². The fraction of sp³-hybridized carbons (Fsp3) is 0.167. The first-order valence-corrected chi connectivity index (χ1v) is 5.19. The van der Waals surface area contributed by atoms with Gasteiger partial charge in [0.25, 0.3) is 0 Å². The van der Waals surface area contributed by atoms with Crippen molar-refractivity contribution in [3.8, 4) is 0 Å². The molecule has 0 unspecified atom stereocenters. The fourth-order valence-electron chi connectivity index (χ4n) is 1.50. The van der Waals surface area contributed by atoms with Crippen LogP contribution < -0.4 is 5.32 Å². The number of alkyl halides is 3. The zero-order valence-corrected chi connectivity index (χ0v) is 9.18. The molecule has 0 radical (unpaired) electrons. The van der Waals surface area contributed by atoms with Gasteiger partial charge in [-0.25, -0.2) is 4.39 Å². The van der Waals surface area contributed by atoms with Crippen molar-refractivity contribution in [1.82, 2.24) is 4.98 Å². The minimum absolute atomic E-state index is 0.127. The first-order chi connectivity index (χ1) is 8.47. The molecule has 6 heteroatoms. The smallest absolute Gasteiger partial charge is 0.380 e. The van der Waals surface area contributed by atoms with Crippen LogP contribution in [0.15, 0.2) is 36.7 Å². The van der Waals surface area contributed by atoms with Gasteiger partial charge in [-0.15, -0.1) is 0 Å². The SMILES string of the molecule is Fc1cc(C(F)(F)F)ccc1CNc1cc[nH]c1. The third-order valence-electron chi connectivity index (χ3n) is 2.46. The van der Waals surface area contributed by atoms with Crippen LogP contribution >= 0.6 is 0 Å².